The third-order valence-electron chi connectivity index (χ3n) is 5.96. The molecule has 0 radical (unpaired) electrons. The van der Waals surface area contributed by atoms with Crippen molar-refractivity contribution in [3.8, 4) is 5.75 Å². The number of rotatable bonds is 9. The fourth-order valence-corrected chi connectivity index (χ4v) is 4.00. The van der Waals surface area contributed by atoms with Crippen molar-refractivity contribution in [1.29, 1.82) is 0 Å². The molecule has 0 saturated carbocycles. The number of nitrogens with zero attached hydrogens (tertiary/aromatic N) is 2. The number of ketones is 1. The van der Waals surface area contributed by atoms with Crippen LogP contribution in [0.25, 0.3) is 0 Å². The second-order valence-corrected chi connectivity index (χ2v) is 7.99. The van der Waals surface area contributed by atoms with E-state index >= 15 is 0 Å². The molecule has 0 spiro atoms. The van der Waals surface area contributed by atoms with Gasteiger partial charge in [-0.05, 0) is 55.6 Å². The van der Waals surface area contributed by atoms with Gasteiger partial charge in [0.1, 0.15) is 5.75 Å². The molecule has 30 heavy (non-hydrogen) atoms. The Morgan fingerprint density at radius 3 is 2.50 bits per heavy atom. The Bertz CT molecular complexity index is 820. The fraction of sp³-hybridized carbons (Fsp3) is 0.440. The highest BCUT2D eigenvalue weighted by Gasteiger charge is 2.26. The lowest BCUT2D eigenvalue weighted by molar-refractivity contribution is -0.133. The van der Waals surface area contributed by atoms with Gasteiger partial charge in [0.05, 0.1) is 7.11 Å². The highest BCUT2D eigenvalue weighted by molar-refractivity contribution is 5.98. The number of carbonyl (C=O) groups is 2. The van der Waals surface area contributed by atoms with Crippen molar-refractivity contribution < 1.29 is 14.3 Å². The number of likely N-dealkylation sites (tertiary alicyclic amines) is 1. The normalized spacial score (nSPS) is 16.8. The van der Waals surface area contributed by atoms with E-state index in [0.29, 0.717) is 5.56 Å². The molecule has 5 heteroatoms. The van der Waals surface area contributed by atoms with Crippen molar-refractivity contribution >= 4 is 11.7 Å². The maximum Gasteiger partial charge on any atom is 0.223 e. The minimum Gasteiger partial charge on any atom is -0.497 e. The second-order valence-electron chi connectivity index (χ2n) is 7.99. The van der Waals surface area contributed by atoms with Crippen LogP contribution in [0.4, 0.5) is 0 Å². The van der Waals surface area contributed by atoms with Gasteiger partial charge >= 0.3 is 0 Å². The van der Waals surface area contributed by atoms with Gasteiger partial charge in [-0.1, -0.05) is 30.3 Å². The molecule has 1 amide bonds. The van der Waals surface area contributed by atoms with Crippen molar-refractivity contribution in [2.24, 2.45) is 0 Å². The number of ether oxygens (including phenoxy) is 1. The molecule has 5 nitrogen and oxygen atoms in total. The van der Waals surface area contributed by atoms with Crippen molar-refractivity contribution in [3.63, 3.8) is 0 Å². The first-order valence-electron chi connectivity index (χ1n) is 10.8. The van der Waals surface area contributed by atoms with Crippen LogP contribution in [0.5, 0.6) is 5.75 Å². The summed E-state index contributed by atoms with van der Waals surface area (Å²) in [6.45, 7) is 3.00. The summed E-state index contributed by atoms with van der Waals surface area (Å²) in [5.74, 6) is 0.760. The molecule has 0 aliphatic carbocycles. The van der Waals surface area contributed by atoms with Crippen LogP contribution in [0.3, 0.4) is 0 Å². The second kappa shape index (κ2) is 10.9. The Morgan fingerprint density at radius 1 is 1.07 bits per heavy atom. The molecular weight excluding hydrogens is 376 g/mol. The van der Waals surface area contributed by atoms with E-state index in [2.05, 4.69) is 29.2 Å². The van der Waals surface area contributed by atoms with Crippen molar-refractivity contribution in [2.75, 3.05) is 33.8 Å². The van der Waals surface area contributed by atoms with E-state index in [1.807, 2.05) is 18.0 Å². The predicted molar refractivity (Wildman–Crippen MR) is 119 cm³/mol. The van der Waals surface area contributed by atoms with Gasteiger partial charge in [-0.2, -0.15) is 0 Å². The number of benzene rings is 2. The zero-order valence-corrected chi connectivity index (χ0v) is 18.0. The van der Waals surface area contributed by atoms with Gasteiger partial charge in [-0.15, -0.1) is 0 Å². The molecule has 1 heterocycles. The molecule has 3 rings (SSSR count). The van der Waals surface area contributed by atoms with Crippen LogP contribution in [0, 0.1) is 0 Å². The molecule has 0 N–H and O–H groups in total. The quantitative estimate of drug-likeness (QED) is 0.592. The molecule has 2 aromatic rings. The summed E-state index contributed by atoms with van der Waals surface area (Å²) in [4.78, 5) is 29.4. The van der Waals surface area contributed by atoms with Crippen LogP contribution in [0.2, 0.25) is 0 Å². The van der Waals surface area contributed by atoms with Gasteiger partial charge in [-0.25, -0.2) is 0 Å². The molecule has 1 fully saturated rings. The van der Waals surface area contributed by atoms with Gasteiger partial charge in [-0.3, -0.25) is 9.59 Å². The summed E-state index contributed by atoms with van der Waals surface area (Å²) >= 11 is 0. The van der Waals surface area contributed by atoms with Crippen LogP contribution in [0.1, 0.15) is 41.6 Å². The largest absolute Gasteiger partial charge is 0.497 e. The smallest absolute Gasteiger partial charge is 0.223 e. The minimum absolute atomic E-state index is 0.00691. The molecule has 1 saturated heterocycles. The number of amides is 1. The highest BCUT2D eigenvalue weighted by Crippen LogP contribution is 2.18. The first-order valence-corrected chi connectivity index (χ1v) is 10.8. The predicted octanol–water partition coefficient (Wildman–Crippen LogP) is 3.82. The Balaban J connectivity index is 1.45. The number of hydrogen-bond acceptors (Lipinski definition) is 4. The molecular formula is C25H32N2O3. The first-order chi connectivity index (χ1) is 14.6. The van der Waals surface area contributed by atoms with Gasteiger partial charge in [0.15, 0.2) is 5.78 Å². The van der Waals surface area contributed by atoms with Crippen LogP contribution in [-0.4, -0.2) is 61.3 Å². The average Bonchev–Trinajstić information content (AvgIpc) is 2.81. The van der Waals surface area contributed by atoms with E-state index in [1.165, 1.54) is 5.56 Å². The maximum atomic E-state index is 12.7. The maximum absolute atomic E-state index is 12.7. The van der Waals surface area contributed by atoms with Crippen LogP contribution in [-0.2, 0) is 11.2 Å². The summed E-state index contributed by atoms with van der Waals surface area (Å²) in [6, 6.07) is 17.8. The van der Waals surface area contributed by atoms with E-state index in [4.69, 9.17) is 4.74 Å². The molecule has 160 valence electrons. The molecule has 1 unspecified atom stereocenters. The minimum atomic E-state index is -0.00691. The van der Waals surface area contributed by atoms with Crippen LogP contribution >= 0.6 is 0 Å². The molecule has 0 bridgehead atoms. The zero-order valence-electron chi connectivity index (χ0n) is 18.0. The summed E-state index contributed by atoms with van der Waals surface area (Å²) < 4.78 is 5.12. The lowest BCUT2D eigenvalue weighted by atomic mass is 10.0. The van der Waals surface area contributed by atoms with E-state index in [1.54, 1.807) is 31.4 Å². The third kappa shape index (κ3) is 6.17. The SMILES string of the molecule is COc1ccc(C(=O)CCC(=O)N(C)C2CCCN(CCc3ccccc3)C2)cc1. The number of piperidine rings is 1. The summed E-state index contributed by atoms with van der Waals surface area (Å²) in [5.41, 5.74) is 1.97. The van der Waals surface area contributed by atoms with E-state index in [9.17, 15) is 9.59 Å². The monoisotopic (exact) mass is 408 g/mol. The fourth-order valence-electron chi connectivity index (χ4n) is 4.00. The third-order valence-corrected chi connectivity index (χ3v) is 5.96. The number of methoxy groups -OCH3 is 1. The summed E-state index contributed by atoms with van der Waals surface area (Å²) in [5, 5.41) is 0. The standard InChI is InChI=1S/C25H32N2O3/c1-26(25(29)15-14-24(28)21-10-12-23(30-2)13-11-21)22-9-6-17-27(19-22)18-16-20-7-4-3-5-8-20/h3-5,7-8,10-13,22H,6,9,14-19H2,1-2H3. The number of hydrogen-bond donors (Lipinski definition) is 0. The average molecular weight is 409 g/mol. The highest BCUT2D eigenvalue weighted by atomic mass is 16.5. The van der Waals surface area contributed by atoms with Crippen molar-refractivity contribution in [3.05, 3.63) is 65.7 Å². The van der Waals surface area contributed by atoms with Gasteiger partial charge in [0.2, 0.25) is 5.91 Å². The lowest BCUT2D eigenvalue weighted by Crippen LogP contribution is -2.49. The van der Waals surface area contributed by atoms with Crippen molar-refractivity contribution in [2.45, 2.75) is 38.1 Å². The van der Waals surface area contributed by atoms with Gasteiger partial charge in [0.25, 0.3) is 0 Å². The van der Waals surface area contributed by atoms with E-state index in [-0.39, 0.29) is 30.6 Å². The number of Topliss-reactive ketones (excluding diaryl/α,β-unsaturated/α-hetero) is 1. The Labute approximate surface area is 179 Å². The Morgan fingerprint density at radius 2 is 1.80 bits per heavy atom. The zero-order chi connectivity index (χ0) is 21.3. The van der Waals surface area contributed by atoms with Crippen LogP contribution in [0.15, 0.2) is 54.6 Å². The number of carbonyl (C=O) groups excluding carboxylic acids is 2. The van der Waals surface area contributed by atoms with Gasteiger partial charge in [0, 0.05) is 44.6 Å². The first kappa shape index (κ1) is 22.0. The molecule has 1 atom stereocenters. The topological polar surface area (TPSA) is 49.9 Å². The molecule has 2 aromatic carbocycles. The Hall–Kier alpha value is -2.66. The van der Waals surface area contributed by atoms with Crippen molar-refractivity contribution in [1.82, 2.24) is 9.80 Å². The van der Waals surface area contributed by atoms with Gasteiger partial charge < -0.3 is 14.5 Å². The molecule has 0 aromatic heterocycles. The van der Waals surface area contributed by atoms with Crippen LogP contribution < -0.4 is 4.74 Å². The summed E-state index contributed by atoms with van der Waals surface area (Å²) in [7, 11) is 3.48. The Kier molecular flexibility index (Phi) is 8.03. The lowest BCUT2D eigenvalue weighted by Gasteiger charge is -2.37. The summed E-state index contributed by atoms with van der Waals surface area (Å²) in [6.07, 6.45) is 3.64. The van der Waals surface area contributed by atoms with E-state index in [0.717, 1.165) is 44.6 Å². The molecule has 1 aliphatic rings. The molecule has 1 aliphatic heterocycles. The number of likely N-dealkylation sites (N-methyl/N-ethyl adjacent to an activating group) is 1. The van der Waals surface area contributed by atoms with E-state index < -0.39 is 0 Å².